The summed E-state index contributed by atoms with van der Waals surface area (Å²) in [5.41, 5.74) is 4.17. The van der Waals surface area contributed by atoms with Gasteiger partial charge in [0.2, 0.25) is 5.43 Å². The summed E-state index contributed by atoms with van der Waals surface area (Å²) in [6.45, 7) is 1.95. The van der Waals surface area contributed by atoms with Crippen molar-refractivity contribution in [2.45, 2.75) is 25.7 Å². The first-order chi connectivity index (χ1) is 16.4. The van der Waals surface area contributed by atoms with Gasteiger partial charge in [-0.3, -0.25) is 19.2 Å². The molecule has 5 rings (SSSR count). The maximum Gasteiger partial charge on any atom is 0.357 e. The molecule has 0 radical (unpaired) electrons. The maximum atomic E-state index is 13.6. The molecule has 0 unspecified atom stereocenters. The lowest BCUT2D eigenvalue weighted by atomic mass is 10.1. The van der Waals surface area contributed by atoms with Crippen molar-refractivity contribution in [3.8, 4) is 5.75 Å². The fourth-order valence-electron chi connectivity index (χ4n) is 3.85. The number of carbonyl (C=O) groups excluding carboxylic acids is 2. The summed E-state index contributed by atoms with van der Waals surface area (Å²) in [5, 5.41) is 1.77. The normalized spacial score (nSPS) is 19.1. The van der Waals surface area contributed by atoms with E-state index >= 15 is 0 Å². The van der Waals surface area contributed by atoms with E-state index in [-0.39, 0.29) is 31.3 Å². The quantitative estimate of drug-likeness (QED) is 0.528. The number of fused-ring (bicyclic) bond motifs is 2. The van der Waals surface area contributed by atoms with Gasteiger partial charge in [-0.05, 0) is 24.7 Å². The number of thiazole rings is 1. The number of ether oxygens (including phenoxy) is 2. The first-order valence-electron chi connectivity index (χ1n) is 10.4. The molecule has 10 nitrogen and oxygen atoms in total. The molecule has 0 aliphatic carbocycles. The van der Waals surface area contributed by atoms with E-state index in [0.29, 0.717) is 9.65 Å². The summed E-state index contributed by atoms with van der Waals surface area (Å²) in [6, 6.07) is 9.56. The van der Waals surface area contributed by atoms with Crippen LogP contribution in [0.5, 0.6) is 5.75 Å². The van der Waals surface area contributed by atoms with E-state index in [0.717, 1.165) is 5.56 Å². The molecule has 2 aliphatic rings. The summed E-state index contributed by atoms with van der Waals surface area (Å²) < 4.78 is 14.4. The summed E-state index contributed by atoms with van der Waals surface area (Å²) >= 11 is 6.47. The lowest BCUT2D eigenvalue weighted by Crippen LogP contribution is -2.66. The number of morpholine rings is 1. The second-order valence-electron chi connectivity index (χ2n) is 7.76. The van der Waals surface area contributed by atoms with E-state index < -0.39 is 29.5 Å². The Labute approximate surface area is 202 Å². The second-order valence-corrected chi connectivity index (χ2v) is 9.26. The summed E-state index contributed by atoms with van der Waals surface area (Å²) in [7, 11) is 0. The van der Waals surface area contributed by atoms with Crippen molar-refractivity contribution in [1.29, 1.82) is 0 Å². The number of benzene rings is 1. The van der Waals surface area contributed by atoms with Gasteiger partial charge in [0.1, 0.15) is 12.8 Å². The Hall–Kier alpha value is -3.48. The Morgan fingerprint density at radius 3 is 2.76 bits per heavy atom. The van der Waals surface area contributed by atoms with Gasteiger partial charge in [0, 0.05) is 17.6 Å². The topological polar surface area (TPSA) is 104 Å². The smallest absolute Gasteiger partial charge is 0.357 e. The van der Waals surface area contributed by atoms with Crippen molar-refractivity contribution >= 4 is 35.4 Å². The van der Waals surface area contributed by atoms with E-state index in [9.17, 15) is 14.4 Å². The number of nitrogens with one attached hydrogen (secondary N) is 1. The molecule has 2 aromatic heterocycles. The molecule has 3 aromatic rings. The molecule has 4 heterocycles. The molecule has 176 valence electrons. The average Bonchev–Trinajstić information content (AvgIpc) is 3.16. The van der Waals surface area contributed by atoms with Crippen LogP contribution in [0.4, 0.5) is 0 Å². The van der Waals surface area contributed by atoms with Crippen LogP contribution in [0, 0.1) is 10.9 Å². The number of carbonyl (C=O) groups is 2. The molecule has 1 amide bonds. The molecular weight excluding hydrogens is 480 g/mol. The van der Waals surface area contributed by atoms with Crippen LogP contribution in [0.2, 0.25) is 0 Å². The highest BCUT2D eigenvalue weighted by Gasteiger charge is 2.45. The van der Waals surface area contributed by atoms with Crippen LogP contribution in [0.3, 0.4) is 0 Å². The van der Waals surface area contributed by atoms with Crippen LogP contribution in [0.1, 0.15) is 21.7 Å². The first-order valence-corrected chi connectivity index (χ1v) is 11.7. The van der Waals surface area contributed by atoms with E-state index in [1.54, 1.807) is 12.3 Å². The van der Waals surface area contributed by atoms with Crippen molar-refractivity contribution in [2.24, 2.45) is 0 Å². The molecule has 0 saturated carbocycles. The van der Waals surface area contributed by atoms with Gasteiger partial charge in [-0.1, -0.05) is 30.3 Å². The number of pyridine rings is 1. The number of rotatable bonds is 5. The molecule has 2 atom stereocenters. The molecule has 1 aromatic carbocycles. The van der Waals surface area contributed by atoms with Crippen LogP contribution in [0.25, 0.3) is 0 Å². The summed E-state index contributed by atoms with van der Waals surface area (Å²) in [6.07, 6.45) is 0.811. The minimum absolute atomic E-state index is 0.00251. The summed E-state index contributed by atoms with van der Waals surface area (Å²) in [5.74, 6) is -1.34. The molecule has 34 heavy (non-hydrogen) atoms. The van der Waals surface area contributed by atoms with Gasteiger partial charge in [-0.2, -0.15) is 4.73 Å². The predicted octanol–water partition coefficient (Wildman–Crippen LogP) is 1.71. The Kier molecular flexibility index (Phi) is 5.94. The molecule has 1 N–H and O–H groups in total. The summed E-state index contributed by atoms with van der Waals surface area (Å²) in [4.78, 5) is 46.2. The van der Waals surface area contributed by atoms with Crippen LogP contribution in [0.15, 0.2) is 52.8 Å². The average molecular weight is 501 g/mol. The minimum atomic E-state index is -1.05. The minimum Gasteiger partial charge on any atom is -0.482 e. The maximum absolute atomic E-state index is 13.6. The Bertz CT molecular complexity index is 1370. The number of aromatic nitrogens is 2. The third kappa shape index (κ3) is 4.00. The number of amides is 1. The highest BCUT2D eigenvalue weighted by atomic mass is 32.1. The van der Waals surface area contributed by atoms with Gasteiger partial charge in [-0.15, -0.1) is 11.3 Å². The molecule has 2 aliphatic heterocycles. The second kappa shape index (κ2) is 9.05. The molecule has 0 bridgehead atoms. The van der Waals surface area contributed by atoms with Gasteiger partial charge in [0.05, 0.1) is 18.9 Å². The molecule has 12 heteroatoms. The van der Waals surface area contributed by atoms with Crippen molar-refractivity contribution in [3.05, 3.63) is 79.1 Å². The van der Waals surface area contributed by atoms with Crippen molar-refractivity contribution < 1.29 is 23.9 Å². The van der Waals surface area contributed by atoms with Gasteiger partial charge in [0.15, 0.2) is 21.4 Å². The van der Waals surface area contributed by atoms with Crippen LogP contribution >= 0.6 is 23.6 Å². The Balaban J connectivity index is 1.46. The first kappa shape index (κ1) is 22.3. The van der Waals surface area contributed by atoms with E-state index in [4.69, 9.17) is 26.5 Å². The van der Waals surface area contributed by atoms with Crippen molar-refractivity contribution in [2.75, 3.05) is 18.6 Å². The zero-order chi connectivity index (χ0) is 23.8. The van der Waals surface area contributed by atoms with Gasteiger partial charge in [0.25, 0.3) is 5.91 Å². The molecule has 0 spiro atoms. The van der Waals surface area contributed by atoms with Crippen LogP contribution in [-0.2, 0) is 16.1 Å². The molecule has 1 saturated heterocycles. The highest BCUT2D eigenvalue weighted by molar-refractivity contribution is 7.73. The SMILES string of the molecule is Cc1csc(=S)n1OC(=O)[C@@H]1COC[C@H]2Nn3ccc(=O)c(OCc4ccccc4)c3C(=O)N21. The fraction of sp³-hybridized carbons (Fsp3) is 0.273. The van der Waals surface area contributed by atoms with Crippen molar-refractivity contribution in [3.63, 3.8) is 0 Å². The number of hydrogen-bond acceptors (Lipinski definition) is 9. The van der Waals surface area contributed by atoms with Crippen LogP contribution in [-0.4, -0.2) is 51.6 Å². The van der Waals surface area contributed by atoms with Gasteiger partial charge < -0.3 is 19.7 Å². The zero-order valence-electron chi connectivity index (χ0n) is 18.0. The monoisotopic (exact) mass is 500 g/mol. The number of aryl methyl sites for hydroxylation is 1. The van der Waals surface area contributed by atoms with Crippen LogP contribution < -0.4 is 20.4 Å². The lowest BCUT2D eigenvalue weighted by Gasteiger charge is -2.44. The zero-order valence-corrected chi connectivity index (χ0v) is 19.6. The standard InChI is InChI=1S/C22H20N4O6S2/c1-13-12-34-22(33)26(13)32-21(29)15-10-30-11-17-23-24-8-7-16(27)19(18(24)20(28)25(15)17)31-9-14-5-3-2-4-6-14/h2-8,12,15,17,23H,9-11H2,1H3/t15-,17-/m0/s1. The Morgan fingerprint density at radius 2 is 2.03 bits per heavy atom. The predicted molar refractivity (Wildman–Crippen MR) is 125 cm³/mol. The van der Waals surface area contributed by atoms with Crippen molar-refractivity contribution in [1.82, 2.24) is 14.3 Å². The largest absolute Gasteiger partial charge is 0.482 e. The number of nitrogens with zero attached hydrogens (tertiary/aromatic N) is 3. The van der Waals surface area contributed by atoms with E-state index in [1.165, 1.54) is 37.9 Å². The third-order valence-corrected chi connectivity index (χ3v) is 6.78. The molecular formula is C22H20N4O6S2. The molecule has 1 fully saturated rings. The third-order valence-electron chi connectivity index (χ3n) is 5.50. The van der Waals surface area contributed by atoms with Gasteiger partial charge >= 0.3 is 5.97 Å². The number of hydrogen-bond donors (Lipinski definition) is 1. The highest BCUT2D eigenvalue weighted by Crippen LogP contribution is 2.26. The lowest BCUT2D eigenvalue weighted by molar-refractivity contribution is -0.157. The Morgan fingerprint density at radius 1 is 1.24 bits per heavy atom. The van der Waals surface area contributed by atoms with E-state index in [2.05, 4.69) is 5.43 Å². The van der Waals surface area contributed by atoms with Gasteiger partial charge in [-0.25, -0.2) is 4.79 Å². The van der Waals surface area contributed by atoms with E-state index in [1.807, 2.05) is 30.3 Å². The fourth-order valence-corrected chi connectivity index (χ4v) is 4.82.